The van der Waals surface area contributed by atoms with Crippen molar-refractivity contribution in [2.75, 3.05) is 20.8 Å². The zero-order chi connectivity index (χ0) is 13.4. The van der Waals surface area contributed by atoms with E-state index in [1.807, 2.05) is 13.8 Å². The first-order valence-electron chi connectivity index (χ1n) is 5.57. The summed E-state index contributed by atoms with van der Waals surface area (Å²) in [6.45, 7) is 3.98. The summed E-state index contributed by atoms with van der Waals surface area (Å²) >= 11 is 0. The molecule has 0 heterocycles. The van der Waals surface area contributed by atoms with E-state index in [1.165, 1.54) is 14.2 Å². The van der Waals surface area contributed by atoms with Crippen LogP contribution in [-0.4, -0.2) is 44.8 Å². The second-order valence-corrected chi connectivity index (χ2v) is 4.17. The molecule has 1 unspecified atom stereocenters. The van der Waals surface area contributed by atoms with Crippen LogP contribution in [0, 0.1) is 5.92 Å². The molecule has 2 atom stereocenters. The lowest BCUT2D eigenvalue weighted by atomic mass is 10.0. The predicted octanol–water partition coefficient (Wildman–Crippen LogP) is -0.336. The minimum Gasteiger partial charge on any atom is -0.467 e. The molecule has 17 heavy (non-hydrogen) atoms. The summed E-state index contributed by atoms with van der Waals surface area (Å²) in [5.74, 6) is -0.594. The third-order valence-corrected chi connectivity index (χ3v) is 2.30. The highest BCUT2D eigenvalue weighted by molar-refractivity contribution is 5.87. The van der Waals surface area contributed by atoms with Gasteiger partial charge in [-0.2, -0.15) is 0 Å². The van der Waals surface area contributed by atoms with E-state index in [9.17, 15) is 9.59 Å². The van der Waals surface area contributed by atoms with E-state index >= 15 is 0 Å². The highest BCUT2D eigenvalue weighted by Gasteiger charge is 2.25. The summed E-state index contributed by atoms with van der Waals surface area (Å²) in [5.41, 5.74) is 5.37. The Hall–Kier alpha value is -1.14. The van der Waals surface area contributed by atoms with Gasteiger partial charge in [-0.25, -0.2) is 4.79 Å². The number of methoxy groups -OCH3 is 2. The third kappa shape index (κ3) is 5.65. The summed E-state index contributed by atoms with van der Waals surface area (Å²) in [4.78, 5) is 23.2. The molecule has 0 aliphatic heterocycles. The van der Waals surface area contributed by atoms with Crippen LogP contribution in [0.3, 0.4) is 0 Å². The first kappa shape index (κ1) is 15.9. The Balaban J connectivity index is 4.51. The zero-order valence-corrected chi connectivity index (χ0v) is 10.9. The summed E-state index contributed by atoms with van der Waals surface area (Å²) < 4.78 is 9.53. The summed E-state index contributed by atoms with van der Waals surface area (Å²) in [6.07, 6.45) is -0.228. The number of carbonyl (C=O) groups is 2. The smallest absolute Gasteiger partial charge is 0.328 e. The van der Waals surface area contributed by atoms with Gasteiger partial charge in [0.1, 0.15) is 12.1 Å². The minimum atomic E-state index is -0.741. The maximum absolute atomic E-state index is 11.7. The summed E-state index contributed by atoms with van der Waals surface area (Å²) in [6, 6.07) is -0.656. The van der Waals surface area contributed by atoms with E-state index in [2.05, 4.69) is 10.1 Å². The number of hydrogen-bond donors (Lipinski definition) is 2. The Bertz CT molecular complexity index is 252. The normalized spacial score (nSPS) is 14.2. The molecule has 0 spiro atoms. The van der Waals surface area contributed by atoms with Crippen molar-refractivity contribution in [3.63, 3.8) is 0 Å². The molecule has 0 aromatic heterocycles. The number of nitrogens with one attached hydrogen (secondary N) is 1. The number of carbonyl (C=O) groups excluding carboxylic acids is 2. The quantitative estimate of drug-likeness (QED) is 0.600. The van der Waals surface area contributed by atoms with Gasteiger partial charge >= 0.3 is 5.97 Å². The van der Waals surface area contributed by atoms with Crippen LogP contribution in [0.5, 0.6) is 0 Å². The van der Waals surface area contributed by atoms with Gasteiger partial charge in [-0.3, -0.25) is 4.79 Å². The maximum atomic E-state index is 11.7. The van der Waals surface area contributed by atoms with E-state index < -0.39 is 24.0 Å². The molecule has 0 radical (unpaired) electrons. The topological polar surface area (TPSA) is 90.7 Å². The number of ether oxygens (including phenoxy) is 2. The van der Waals surface area contributed by atoms with Crippen molar-refractivity contribution >= 4 is 11.9 Å². The monoisotopic (exact) mass is 246 g/mol. The van der Waals surface area contributed by atoms with E-state index in [1.54, 1.807) is 0 Å². The van der Waals surface area contributed by atoms with Gasteiger partial charge in [0, 0.05) is 13.7 Å². The number of hydrogen-bond acceptors (Lipinski definition) is 5. The zero-order valence-electron chi connectivity index (χ0n) is 10.9. The van der Waals surface area contributed by atoms with Crippen molar-refractivity contribution in [2.24, 2.45) is 11.7 Å². The number of esters is 1. The Kier molecular flexibility index (Phi) is 7.49. The lowest BCUT2D eigenvalue weighted by molar-refractivity contribution is -0.147. The van der Waals surface area contributed by atoms with Crippen molar-refractivity contribution in [1.29, 1.82) is 0 Å². The molecule has 0 saturated carbocycles. The average molecular weight is 246 g/mol. The van der Waals surface area contributed by atoms with Crippen LogP contribution in [-0.2, 0) is 19.1 Å². The van der Waals surface area contributed by atoms with Gasteiger partial charge < -0.3 is 20.5 Å². The fourth-order valence-corrected chi connectivity index (χ4v) is 1.40. The lowest BCUT2D eigenvalue weighted by Crippen LogP contribution is -2.49. The fourth-order valence-electron chi connectivity index (χ4n) is 1.40. The summed E-state index contributed by atoms with van der Waals surface area (Å²) in [5, 5.41) is 2.58. The Labute approximate surface area is 102 Å². The molecule has 0 aliphatic carbocycles. The van der Waals surface area contributed by atoms with Crippen LogP contribution >= 0.6 is 0 Å². The molecule has 0 aromatic rings. The lowest BCUT2D eigenvalue weighted by Gasteiger charge is -2.20. The molecule has 3 N–H and O–H groups in total. The summed E-state index contributed by atoms with van der Waals surface area (Å²) in [7, 11) is 2.69. The largest absolute Gasteiger partial charge is 0.467 e. The van der Waals surface area contributed by atoms with Gasteiger partial charge in [0.15, 0.2) is 0 Å². The van der Waals surface area contributed by atoms with Crippen LogP contribution in [0.15, 0.2) is 0 Å². The van der Waals surface area contributed by atoms with Crippen molar-refractivity contribution in [3.8, 4) is 0 Å². The molecule has 6 heteroatoms. The third-order valence-electron chi connectivity index (χ3n) is 2.30. The molecule has 1 amide bonds. The van der Waals surface area contributed by atoms with Gasteiger partial charge in [0.05, 0.1) is 7.11 Å². The van der Waals surface area contributed by atoms with Crippen molar-refractivity contribution in [3.05, 3.63) is 0 Å². The maximum Gasteiger partial charge on any atom is 0.328 e. The standard InChI is InChI=1S/C11H22N2O4/c1-7(2)5-8(11(15)17-4)13-10(14)9(6-12)16-3/h7-9H,5-6,12H2,1-4H3,(H,13,14)/t8-,9?/m0/s1. The Morgan fingerprint density at radius 2 is 1.88 bits per heavy atom. The van der Waals surface area contributed by atoms with Crippen LogP contribution in [0.25, 0.3) is 0 Å². The second-order valence-electron chi connectivity index (χ2n) is 4.17. The van der Waals surface area contributed by atoms with Gasteiger partial charge in [0.2, 0.25) is 0 Å². The molecule has 0 saturated heterocycles. The van der Waals surface area contributed by atoms with Crippen LogP contribution in [0.1, 0.15) is 20.3 Å². The van der Waals surface area contributed by atoms with Gasteiger partial charge in [-0.15, -0.1) is 0 Å². The molecular weight excluding hydrogens is 224 g/mol. The fraction of sp³-hybridized carbons (Fsp3) is 0.818. The van der Waals surface area contributed by atoms with E-state index in [0.29, 0.717) is 6.42 Å². The Morgan fingerprint density at radius 1 is 1.29 bits per heavy atom. The SMILES string of the molecule is COC(=O)[C@H](CC(C)C)NC(=O)C(CN)OC. The molecular formula is C11H22N2O4. The van der Waals surface area contributed by atoms with Crippen LogP contribution in [0.4, 0.5) is 0 Å². The van der Waals surface area contributed by atoms with Crippen LogP contribution < -0.4 is 11.1 Å². The highest BCUT2D eigenvalue weighted by atomic mass is 16.5. The van der Waals surface area contributed by atoms with Gasteiger partial charge in [-0.1, -0.05) is 13.8 Å². The van der Waals surface area contributed by atoms with E-state index in [-0.39, 0.29) is 12.5 Å². The Morgan fingerprint density at radius 3 is 2.24 bits per heavy atom. The molecule has 0 aromatic carbocycles. The molecule has 0 aliphatic rings. The van der Waals surface area contributed by atoms with E-state index in [0.717, 1.165) is 0 Å². The van der Waals surface area contributed by atoms with Crippen molar-refractivity contribution in [1.82, 2.24) is 5.32 Å². The van der Waals surface area contributed by atoms with Crippen LogP contribution in [0.2, 0.25) is 0 Å². The first-order valence-corrected chi connectivity index (χ1v) is 5.57. The predicted molar refractivity (Wildman–Crippen MR) is 63.3 cm³/mol. The number of amides is 1. The highest BCUT2D eigenvalue weighted by Crippen LogP contribution is 2.06. The minimum absolute atomic E-state index is 0.0674. The van der Waals surface area contributed by atoms with Crippen molar-refractivity contribution in [2.45, 2.75) is 32.4 Å². The molecule has 0 bridgehead atoms. The molecule has 0 rings (SSSR count). The molecule has 100 valence electrons. The average Bonchev–Trinajstić information content (AvgIpc) is 2.28. The van der Waals surface area contributed by atoms with Crippen molar-refractivity contribution < 1.29 is 19.1 Å². The number of nitrogens with two attached hydrogens (primary N) is 1. The molecule has 6 nitrogen and oxygen atoms in total. The van der Waals surface area contributed by atoms with E-state index in [4.69, 9.17) is 10.5 Å². The van der Waals surface area contributed by atoms with Gasteiger partial charge in [0.25, 0.3) is 5.91 Å². The molecule has 0 fully saturated rings. The first-order chi connectivity index (χ1) is 7.96. The number of rotatable bonds is 7. The second kappa shape index (κ2) is 8.03. The van der Waals surface area contributed by atoms with Gasteiger partial charge in [-0.05, 0) is 12.3 Å².